The zero-order chi connectivity index (χ0) is 27.6. The van der Waals surface area contributed by atoms with E-state index in [4.69, 9.17) is 26.4 Å². The molecule has 0 spiro atoms. The van der Waals surface area contributed by atoms with Crippen LogP contribution in [-0.2, 0) is 17.9 Å². The Morgan fingerprint density at radius 1 is 0.821 bits per heavy atom. The van der Waals surface area contributed by atoms with Crippen molar-refractivity contribution in [3.8, 4) is 11.5 Å². The molecule has 0 saturated carbocycles. The first kappa shape index (κ1) is 27.3. The molecule has 1 amide bonds. The third-order valence-electron chi connectivity index (χ3n) is 6.23. The van der Waals surface area contributed by atoms with Crippen molar-refractivity contribution >= 4 is 17.4 Å². The first-order valence-electron chi connectivity index (χ1n) is 12.9. The molecular weight excluding hydrogens is 488 g/mol. The summed E-state index contributed by atoms with van der Waals surface area (Å²) in [5, 5.41) is 7.75. The van der Waals surface area contributed by atoms with E-state index < -0.39 is 11.9 Å². The van der Waals surface area contributed by atoms with E-state index in [1.807, 2.05) is 103 Å². The van der Waals surface area contributed by atoms with Crippen molar-refractivity contribution in [1.82, 2.24) is 0 Å². The van der Waals surface area contributed by atoms with E-state index in [1.54, 1.807) is 12.1 Å². The summed E-state index contributed by atoms with van der Waals surface area (Å²) < 4.78 is 12.1. The Balaban J connectivity index is 1.76. The number of nitrogens with one attached hydrogen (secondary N) is 1. The van der Waals surface area contributed by atoms with Crippen LogP contribution < -0.4 is 25.8 Å². The van der Waals surface area contributed by atoms with Gasteiger partial charge >= 0.3 is 0 Å². The standard InChI is InChI=1S/C32H34N4O3/c1-2-17-38-28-18-26(19-29(20-28)39-22-24-11-7-4-8-12-24)30(32(35)37)36(21-23-9-5-3-6-10-23)27-15-13-25(14-16-27)31(33)34/h3-16,18-20,30H,2,17,21-22H2,1H3,(H3,33,34)(H2,35,37). The average Bonchev–Trinajstić information content (AvgIpc) is 2.95. The third-order valence-corrected chi connectivity index (χ3v) is 6.23. The number of rotatable bonds is 13. The van der Waals surface area contributed by atoms with Gasteiger partial charge in [0.25, 0.3) is 0 Å². The average molecular weight is 523 g/mol. The predicted octanol–water partition coefficient (Wildman–Crippen LogP) is 5.57. The van der Waals surface area contributed by atoms with E-state index in [0.29, 0.717) is 42.4 Å². The molecule has 0 fully saturated rings. The van der Waals surface area contributed by atoms with Crippen LogP contribution in [0.15, 0.2) is 103 Å². The molecule has 0 aliphatic carbocycles. The number of anilines is 1. The van der Waals surface area contributed by atoms with Gasteiger partial charge in [0.1, 0.15) is 30.0 Å². The fourth-order valence-electron chi connectivity index (χ4n) is 4.32. The maximum Gasteiger partial charge on any atom is 0.244 e. The van der Waals surface area contributed by atoms with Gasteiger partial charge in [0, 0.05) is 23.9 Å². The number of nitrogen functional groups attached to an aromatic ring is 1. The number of nitrogens with zero attached hydrogens (tertiary/aromatic N) is 1. The fourth-order valence-corrected chi connectivity index (χ4v) is 4.32. The van der Waals surface area contributed by atoms with E-state index in [-0.39, 0.29) is 5.84 Å². The maximum absolute atomic E-state index is 13.1. The van der Waals surface area contributed by atoms with Crippen LogP contribution in [0.3, 0.4) is 0 Å². The van der Waals surface area contributed by atoms with Crippen LogP contribution in [0.5, 0.6) is 11.5 Å². The highest BCUT2D eigenvalue weighted by molar-refractivity contribution is 5.95. The predicted molar refractivity (Wildman–Crippen MR) is 155 cm³/mol. The number of ether oxygens (including phenoxy) is 2. The molecule has 1 unspecified atom stereocenters. The summed E-state index contributed by atoms with van der Waals surface area (Å²) in [5.74, 6) is 0.655. The SMILES string of the molecule is CCCOc1cc(OCc2ccccc2)cc(C(C(N)=O)N(Cc2ccccc2)c2ccc(C(=N)N)cc2)c1. The molecule has 0 heterocycles. The number of amidine groups is 1. The molecule has 0 saturated heterocycles. The van der Waals surface area contributed by atoms with Gasteiger partial charge in [-0.1, -0.05) is 67.6 Å². The smallest absolute Gasteiger partial charge is 0.244 e. The Hall–Kier alpha value is -4.78. The molecule has 39 heavy (non-hydrogen) atoms. The van der Waals surface area contributed by atoms with Crippen molar-refractivity contribution in [3.63, 3.8) is 0 Å². The number of amides is 1. The van der Waals surface area contributed by atoms with Crippen LogP contribution in [-0.4, -0.2) is 18.3 Å². The van der Waals surface area contributed by atoms with Crippen molar-refractivity contribution in [2.24, 2.45) is 11.5 Å². The molecule has 7 heteroatoms. The lowest BCUT2D eigenvalue weighted by atomic mass is 10.0. The molecular formula is C32H34N4O3. The largest absolute Gasteiger partial charge is 0.493 e. The normalized spacial score (nSPS) is 11.4. The van der Waals surface area contributed by atoms with Gasteiger partial charge in [-0.05, 0) is 59.5 Å². The van der Waals surface area contributed by atoms with Gasteiger partial charge in [-0.25, -0.2) is 0 Å². The minimum Gasteiger partial charge on any atom is -0.493 e. The van der Waals surface area contributed by atoms with Gasteiger partial charge in [-0.2, -0.15) is 0 Å². The Kier molecular flexibility index (Phi) is 9.19. The van der Waals surface area contributed by atoms with Gasteiger partial charge < -0.3 is 25.8 Å². The van der Waals surface area contributed by atoms with E-state index in [9.17, 15) is 4.79 Å². The summed E-state index contributed by atoms with van der Waals surface area (Å²) in [5.41, 5.74) is 15.8. The third kappa shape index (κ3) is 7.38. The number of hydrogen-bond acceptors (Lipinski definition) is 5. The molecule has 4 aromatic rings. The second-order valence-electron chi connectivity index (χ2n) is 9.24. The molecule has 0 bridgehead atoms. The Morgan fingerprint density at radius 2 is 1.41 bits per heavy atom. The highest BCUT2D eigenvalue weighted by Crippen LogP contribution is 2.34. The molecule has 0 aliphatic rings. The van der Waals surface area contributed by atoms with Crippen LogP contribution in [0, 0.1) is 5.41 Å². The van der Waals surface area contributed by atoms with Gasteiger partial charge in [0.2, 0.25) is 5.91 Å². The number of nitrogens with two attached hydrogens (primary N) is 2. The number of benzene rings is 4. The van der Waals surface area contributed by atoms with E-state index in [0.717, 1.165) is 23.2 Å². The Bertz CT molecular complexity index is 1380. The van der Waals surface area contributed by atoms with Crippen molar-refractivity contribution in [2.45, 2.75) is 32.5 Å². The number of primary amides is 1. The van der Waals surface area contributed by atoms with E-state index in [1.165, 1.54) is 0 Å². The molecule has 4 aromatic carbocycles. The first-order chi connectivity index (χ1) is 18.9. The molecule has 0 radical (unpaired) electrons. The van der Waals surface area contributed by atoms with Gasteiger partial charge in [0.15, 0.2) is 0 Å². The maximum atomic E-state index is 13.1. The first-order valence-corrected chi connectivity index (χ1v) is 12.9. The summed E-state index contributed by atoms with van der Waals surface area (Å²) in [6.45, 7) is 3.37. The molecule has 200 valence electrons. The second-order valence-corrected chi connectivity index (χ2v) is 9.24. The van der Waals surface area contributed by atoms with Crippen molar-refractivity contribution in [2.75, 3.05) is 11.5 Å². The lowest BCUT2D eigenvalue weighted by Gasteiger charge is -2.33. The topological polar surface area (TPSA) is 115 Å². The lowest BCUT2D eigenvalue weighted by Crippen LogP contribution is -2.37. The van der Waals surface area contributed by atoms with Gasteiger partial charge in [0.05, 0.1) is 6.61 Å². The van der Waals surface area contributed by atoms with E-state index in [2.05, 4.69) is 0 Å². The molecule has 4 rings (SSSR count). The Labute approximate surface area is 229 Å². The molecule has 0 aliphatic heterocycles. The van der Waals surface area contributed by atoms with Crippen LogP contribution in [0.25, 0.3) is 0 Å². The van der Waals surface area contributed by atoms with Crippen LogP contribution in [0.1, 0.15) is 41.6 Å². The van der Waals surface area contributed by atoms with Crippen molar-refractivity contribution < 1.29 is 14.3 Å². The lowest BCUT2D eigenvalue weighted by molar-refractivity contribution is -0.119. The summed E-state index contributed by atoms with van der Waals surface area (Å²) >= 11 is 0. The Morgan fingerprint density at radius 3 is 1.97 bits per heavy atom. The van der Waals surface area contributed by atoms with Gasteiger partial charge in [-0.3, -0.25) is 10.2 Å². The summed E-state index contributed by atoms with van der Waals surface area (Å²) in [6, 6.07) is 31.7. The molecule has 0 aromatic heterocycles. The molecule has 5 N–H and O–H groups in total. The van der Waals surface area contributed by atoms with E-state index >= 15 is 0 Å². The van der Waals surface area contributed by atoms with Crippen LogP contribution >= 0.6 is 0 Å². The fraction of sp³-hybridized carbons (Fsp3) is 0.188. The molecule has 1 atom stereocenters. The monoisotopic (exact) mass is 522 g/mol. The zero-order valence-corrected chi connectivity index (χ0v) is 22.0. The van der Waals surface area contributed by atoms with Gasteiger partial charge in [-0.15, -0.1) is 0 Å². The highest BCUT2D eigenvalue weighted by atomic mass is 16.5. The highest BCUT2D eigenvalue weighted by Gasteiger charge is 2.28. The number of carbonyl (C=O) groups excluding carboxylic acids is 1. The van der Waals surface area contributed by atoms with Crippen molar-refractivity contribution in [3.05, 3.63) is 125 Å². The quantitative estimate of drug-likeness (QED) is 0.157. The summed E-state index contributed by atoms with van der Waals surface area (Å²) in [6.07, 6.45) is 0.840. The summed E-state index contributed by atoms with van der Waals surface area (Å²) in [4.78, 5) is 15.1. The molecule has 7 nitrogen and oxygen atoms in total. The minimum absolute atomic E-state index is 0.0245. The number of hydrogen-bond donors (Lipinski definition) is 3. The van der Waals surface area contributed by atoms with Crippen LogP contribution in [0.4, 0.5) is 5.69 Å². The second kappa shape index (κ2) is 13.1. The minimum atomic E-state index is -0.822. The van der Waals surface area contributed by atoms with Crippen LogP contribution in [0.2, 0.25) is 0 Å². The summed E-state index contributed by atoms with van der Waals surface area (Å²) in [7, 11) is 0. The van der Waals surface area contributed by atoms with Crippen molar-refractivity contribution in [1.29, 1.82) is 5.41 Å². The number of carbonyl (C=O) groups is 1. The zero-order valence-electron chi connectivity index (χ0n) is 22.0.